The van der Waals surface area contributed by atoms with E-state index >= 15 is 0 Å². The van der Waals surface area contributed by atoms with Gasteiger partial charge in [-0.05, 0) is 40.9 Å². The number of hydrogen-bond donors (Lipinski definition) is 1. The predicted molar refractivity (Wildman–Crippen MR) is 69.2 cm³/mol. The molecule has 0 amide bonds. The van der Waals surface area contributed by atoms with Crippen LogP contribution in [0.1, 0.15) is 36.0 Å². The van der Waals surface area contributed by atoms with Gasteiger partial charge in [0.1, 0.15) is 0 Å². The number of halogens is 2. The third-order valence-corrected chi connectivity index (χ3v) is 5.02. The van der Waals surface area contributed by atoms with Crippen LogP contribution in [-0.4, -0.2) is 16.3 Å². The van der Waals surface area contributed by atoms with E-state index in [1.807, 2.05) is 0 Å². The summed E-state index contributed by atoms with van der Waals surface area (Å²) in [6.45, 7) is 0. The first kappa shape index (κ1) is 12.9. The lowest BCUT2D eigenvalue weighted by Gasteiger charge is -2.11. The molecule has 0 heterocycles. The molecule has 1 aliphatic carbocycles. The van der Waals surface area contributed by atoms with Crippen molar-refractivity contribution in [2.75, 3.05) is 0 Å². The minimum atomic E-state index is -1.12. The van der Waals surface area contributed by atoms with Crippen molar-refractivity contribution in [3.8, 4) is 0 Å². The molecule has 1 aromatic carbocycles. The van der Waals surface area contributed by atoms with Crippen molar-refractivity contribution in [3.63, 3.8) is 0 Å². The van der Waals surface area contributed by atoms with Gasteiger partial charge in [-0.1, -0.05) is 12.8 Å². The van der Waals surface area contributed by atoms with Crippen molar-refractivity contribution in [2.24, 2.45) is 0 Å². The van der Waals surface area contributed by atoms with E-state index in [1.54, 1.807) is 6.07 Å². The van der Waals surface area contributed by atoms with Gasteiger partial charge in [0, 0.05) is 10.1 Å². The maximum absolute atomic E-state index is 13.9. The molecule has 0 spiro atoms. The van der Waals surface area contributed by atoms with E-state index < -0.39 is 11.8 Å². The third-order valence-electron chi connectivity index (χ3n) is 2.87. The number of carboxylic acids is 1. The standard InChI is InChI=1S/C12H12BrFO2S/c13-10-8(12(15)16)5-6-9(11(10)14)17-7-3-1-2-4-7/h5-7H,1-4H2,(H,15,16). The number of carboxylic acid groups (broad SMARTS) is 1. The molecule has 1 fully saturated rings. The molecule has 0 aromatic heterocycles. The topological polar surface area (TPSA) is 37.3 Å². The first-order chi connectivity index (χ1) is 8.09. The first-order valence-electron chi connectivity index (χ1n) is 5.47. The van der Waals surface area contributed by atoms with E-state index in [0.717, 1.165) is 12.8 Å². The summed E-state index contributed by atoms with van der Waals surface area (Å²) >= 11 is 4.53. The first-order valence-corrected chi connectivity index (χ1v) is 7.15. The van der Waals surface area contributed by atoms with Crippen LogP contribution in [0.4, 0.5) is 4.39 Å². The van der Waals surface area contributed by atoms with Gasteiger partial charge < -0.3 is 5.11 Å². The molecule has 0 aliphatic heterocycles. The summed E-state index contributed by atoms with van der Waals surface area (Å²) in [7, 11) is 0. The number of benzene rings is 1. The van der Waals surface area contributed by atoms with Gasteiger partial charge in [0.05, 0.1) is 10.0 Å². The van der Waals surface area contributed by atoms with Crippen LogP contribution in [0.25, 0.3) is 0 Å². The Morgan fingerprint density at radius 2 is 2.06 bits per heavy atom. The summed E-state index contributed by atoms with van der Waals surface area (Å²) in [6, 6.07) is 3.01. The lowest BCUT2D eigenvalue weighted by Crippen LogP contribution is -2.01. The molecular weight excluding hydrogens is 307 g/mol. The molecular formula is C12H12BrFO2S. The molecule has 1 aromatic rings. The molecule has 1 aliphatic rings. The fraction of sp³-hybridized carbons (Fsp3) is 0.417. The monoisotopic (exact) mass is 318 g/mol. The van der Waals surface area contributed by atoms with Crippen LogP contribution in [0.15, 0.2) is 21.5 Å². The molecule has 0 unspecified atom stereocenters. The number of rotatable bonds is 3. The van der Waals surface area contributed by atoms with Gasteiger partial charge >= 0.3 is 5.97 Å². The number of carbonyl (C=O) groups is 1. The van der Waals surface area contributed by atoms with Crippen molar-refractivity contribution in [1.29, 1.82) is 0 Å². The van der Waals surface area contributed by atoms with Gasteiger partial charge in [-0.25, -0.2) is 9.18 Å². The van der Waals surface area contributed by atoms with Gasteiger partial charge in [-0.15, -0.1) is 11.8 Å². The minimum Gasteiger partial charge on any atom is -0.478 e. The molecule has 1 saturated carbocycles. The molecule has 0 atom stereocenters. The molecule has 92 valence electrons. The van der Waals surface area contributed by atoms with Crippen LogP contribution in [0.3, 0.4) is 0 Å². The summed E-state index contributed by atoms with van der Waals surface area (Å²) in [5.74, 6) is -1.57. The number of aromatic carboxylic acids is 1. The molecule has 0 radical (unpaired) electrons. The lowest BCUT2D eigenvalue weighted by atomic mass is 10.2. The maximum atomic E-state index is 13.9. The van der Waals surface area contributed by atoms with Crippen LogP contribution in [0.2, 0.25) is 0 Å². The molecule has 0 saturated heterocycles. The van der Waals surface area contributed by atoms with Crippen molar-refractivity contribution >= 4 is 33.7 Å². The fourth-order valence-corrected chi connectivity index (χ4v) is 3.90. The highest BCUT2D eigenvalue weighted by atomic mass is 79.9. The van der Waals surface area contributed by atoms with E-state index in [4.69, 9.17) is 5.11 Å². The van der Waals surface area contributed by atoms with Crippen molar-refractivity contribution in [1.82, 2.24) is 0 Å². The lowest BCUT2D eigenvalue weighted by molar-refractivity contribution is 0.0695. The summed E-state index contributed by atoms with van der Waals surface area (Å²) in [5.41, 5.74) is -0.0294. The van der Waals surface area contributed by atoms with Crippen LogP contribution in [0.5, 0.6) is 0 Å². The SMILES string of the molecule is O=C(O)c1ccc(SC2CCCC2)c(F)c1Br. The number of hydrogen-bond acceptors (Lipinski definition) is 2. The largest absolute Gasteiger partial charge is 0.478 e. The smallest absolute Gasteiger partial charge is 0.336 e. The second-order valence-electron chi connectivity index (χ2n) is 4.07. The number of thioether (sulfide) groups is 1. The van der Waals surface area contributed by atoms with Crippen LogP contribution in [0, 0.1) is 5.82 Å². The zero-order chi connectivity index (χ0) is 12.4. The summed E-state index contributed by atoms with van der Waals surface area (Å²) in [4.78, 5) is 11.4. The Hall–Kier alpha value is -0.550. The average molecular weight is 319 g/mol. The molecule has 5 heteroatoms. The van der Waals surface area contributed by atoms with E-state index in [9.17, 15) is 9.18 Å². The maximum Gasteiger partial charge on any atom is 0.336 e. The predicted octanol–water partition coefficient (Wildman–Crippen LogP) is 4.32. The van der Waals surface area contributed by atoms with Crippen LogP contribution in [-0.2, 0) is 0 Å². The minimum absolute atomic E-state index is 0.0294. The fourth-order valence-electron chi connectivity index (χ4n) is 1.97. The molecule has 1 N–H and O–H groups in total. The highest BCUT2D eigenvalue weighted by molar-refractivity contribution is 9.10. The van der Waals surface area contributed by atoms with Gasteiger partial charge in [0.15, 0.2) is 5.82 Å². The van der Waals surface area contributed by atoms with Crippen molar-refractivity contribution < 1.29 is 14.3 Å². The second-order valence-corrected chi connectivity index (χ2v) is 6.20. The second kappa shape index (κ2) is 5.40. The van der Waals surface area contributed by atoms with E-state index in [2.05, 4.69) is 15.9 Å². The van der Waals surface area contributed by atoms with Crippen molar-refractivity contribution in [2.45, 2.75) is 35.8 Å². The average Bonchev–Trinajstić information content (AvgIpc) is 2.77. The Morgan fingerprint density at radius 3 is 2.65 bits per heavy atom. The summed E-state index contributed by atoms with van der Waals surface area (Å²) < 4.78 is 14.0. The van der Waals surface area contributed by atoms with E-state index in [1.165, 1.54) is 30.7 Å². The van der Waals surface area contributed by atoms with E-state index in [-0.39, 0.29) is 10.0 Å². The summed E-state index contributed by atoms with van der Waals surface area (Å²) in [5, 5.41) is 9.33. The Kier molecular flexibility index (Phi) is 4.09. The Labute approximate surface area is 112 Å². The van der Waals surface area contributed by atoms with Gasteiger partial charge in [0.25, 0.3) is 0 Å². The van der Waals surface area contributed by atoms with E-state index in [0.29, 0.717) is 10.1 Å². The molecule has 2 rings (SSSR count). The van der Waals surface area contributed by atoms with Crippen molar-refractivity contribution in [3.05, 3.63) is 28.0 Å². The van der Waals surface area contributed by atoms with Crippen LogP contribution >= 0.6 is 27.7 Å². The molecule has 0 bridgehead atoms. The highest BCUT2D eigenvalue weighted by Crippen LogP contribution is 2.38. The van der Waals surface area contributed by atoms with Crippen LogP contribution < -0.4 is 0 Å². The molecule has 17 heavy (non-hydrogen) atoms. The highest BCUT2D eigenvalue weighted by Gasteiger charge is 2.21. The van der Waals surface area contributed by atoms with Gasteiger partial charge in [-0.2, -0.15) is 0 Å². The quantitative estimate of drug-likeness (QED) is 0.901. The third kappa shape index (κ3) is 2.83. The van der Waals surface area contributed by atoms with Gasteiger partial charge in [-0.3, -0.25) is 0 Å². The molecule has 2 nitrogen and oxygen atoms in total. The Balaban J connectivity index is 2.23. The zero-order valence-corrected chi connectivity index (χ0v) is 11.5. The van der Waals surface area contributed by atoms with Gasteiger partial charge in [0.2, 0.25) is 0 Å². The normalized spacial score (nSPS) is 16.4. The Bertz CT molecular complexity index is 444. The summed E-state index contributed by atoms with van der Waals surface area (Å²) in [6.07, 6.45) is 4.63. The Morgan fingerprint density at radius 1 is 1.41 bits per heavy atom. The zero-order valence-electron chi connectivity index (χ0n) is 9.08.